The minimum Gasteiger partial charge on any atom is -0.408 e. The Hall–Kier alpha value is -2.25. The first kappa shape index (κ1) is 14.7. The van der Waals surface area contributed by atoms with Crippen molar-refractivity contribution in [1.82, 2.24) is 4.98 Å². The van der Waals surface area contributed by atoms with E-state index in [0.29, 0.717) is 21.8 Å². The van der Waals surface area contributed by atoms with E-state index in [1.165, 1.54) is 6.07 Å². The second-order valence-corrected chi connectivity index (χ2v) is 6.87. The van der Waals surface area contributed by atoms with Gasteiger partial charge < -0.3 is 4.42 Å². The van der Waals surface area contributed by atoms with Crippen LogP contribution in [0, 0.1) is 0 Å². The maximum absolute atomic E-state index is 12.2. The zero-order valence-corrected chi connectivity index (χ0v) is 12.7. The highest BCUT2D eigenvalue weighted by atomic mass is 35.5. The third-order valence-corrected chi connectivity index (χ3v) is 4.48. The number of sulfonamides is 1. The predicted molar refractivity (Wildman–Crippen MR) is 84.5 cm³/mol. The number of anilines is 1. The van der Waals surface area contributed by atoms with Crippen molar-refractivity contribution < 1.29 is 12.8 Å². The van der Waals surface area contributed by atoms with Gasteiger partial charge in [0.15, 0.2) is 5.58 Å². The average molecular weight is 339 g/mol. The Kier molecular flexibility index (Phi) is 3.67. The monoisotopic (exact) mass is 338 g/mol. The molecule has 0 fully saturated rings. The molecule has 22 heavy (non-hydrogen) atoms. The summed E-state index contributed by atoms with van der Waals surface area (Å²) in [6.07, 6.45) is 0. The number of aromatic amines is 1. The molecule has 6 nitrogen and oxygen atoms in total. The highest BCUT2D eigenvalue weighted by Gasteiger charge is 2.13. The number of H-pyrrole nitrogens is 1. The Morgan fingerprint density at radius 1 is 1.14 bits per heavy atom. The first-order valence-electron chi connectivity index (χ1n) is 6.29. The Morgan fingerprint density at radius 3 is 2.59 bits per heavy atom. The van der Waals surface area contributed by atoms with Crippen LogP contribution in [-0.2, 0) is 15.8 Å². The van der Waals surface area contributed by atoms with E-state index in [4.69, 9.17) is 16.0 Å². The van der Waals surface area contributed by atoms with Crippen molar-refractivity contribution in [3.63, 3.8) is 0 Å². The fraction of sp³-hybridized carbons (Fsp3) is 0.0714. The molecule has 114 valence electrons. The third kappa shape index (κ3) is 3.32. The molecule has 0 aliphatic rings. The van der Waals surface area contributed by atoms with E-state index in [-0.39, 0.29) is 11.3 Å². The molecule has 1 heterocycles. The zero-order chi connectivity index (χ0) is 15.7. The van der Waals surface area contributed by atoms with E-state index in [1.807, 2.05) is 0 Å². The van der Waals surface area contributed by atoms with Crippen LogP contribution >= 0.6 is 11.6 Å². The Balaban J connectivity index is 1.82. The van der Waals surface area contributed by atoms with Crippen molar-refractivity contribution >= 4 is 38.4 Å². The predicted octanol–water partition coefficient (Wildman–Crippen LogP) is 2.72. The van der Waals surface area contributed by atoms with Gasteiger partial charge in [0.25, 0.3) is 0 Å². The lowest BCUT2D eigenvalue weighted by atomic mass is 10.2. The van der Waals surface area contributed by atoms with Crippen LogP contribution in [0.15, 0.2) is 51.7 Å². The van der Waals surface area contributed by atoms with Crippen molar-refractivity contribution in [2.75, 3.05) is 4.72 Å². The lowest BCUT2D eigenvalue weighted by Crippen LogP contribution is -2.14. The quantitative estimate of drug-likeness (QED) is 0.765. The molecule has 0 radical (unpaired) electrons. The molecule has 0 saturated carbocycles. The number of hydrogen-bond acceptors (Lipinski definition) is 4. The van der Waals surface area contributed by atoms with E-state index in [2.05, 4.69) is 9.71 Å². The van der Waals surface area contributed by atoms with Gasteiger partial charge >= 0.3 is 5.76 Å². The van der Waals surface area contributed by atoms with E-state index < -0.39 is 15.8 Å². The number of hydrogen-bond donors (Lipinski definition) is 2. The summed E-state index contributed by atoms with van der Waals surface area (Å²) in [5, 5.41) is 0.544. The van der Waals surface area contributed by atoms with Gasteiger partial charge in [-0.1, -0.05) is 23.7 Å². The molecule has 0 amide bonds. The van der Waals surface area contributed by atoms with Crippen molar-refractivity contribution in [3.05, 3.63) is 63.6 Å². The molecule has 3 aromatic rings. The average Bonchev–Trinajstić information content (AvgIpc) is 2.80. The molecule has 0 bridgehead atoms. The number of benzene rings is 2. The van der Waals surface area contributed by atoms with Gasteiger partial charge in [0.1, 0.15) is 0 Å². The summed E-state index contributed by atoms with van der Waals surface area (Å²) in [6, 6.07) is 11.1. The minimum absolute atomic E-state index is 0.181. The fourth-order valence-corrected chi connectivity index (χ4v) is 3.34. The summed E-state index contributed by atoms with van der Waals surface area (Å²) >= 11 is 5.77. The SMILES string of the molecule is O=c1[nH]c2ccc(NS(=O)(=O)Cc3ccc(Cl)cc3)cc2o1. The number of halogens is 1. The van der Waals surface area contributed by atoms with Gasteiger partial charge in [-0.15, -0.1) is 0 Å². The molecular formula is C14H11ClN2O4S. The van der Waals surface area contributed by atoms with Gasteiger partial charge in [-0.2, -0.15) is 0 Å². The maximum Gasteiger partial charge on any atom is 0.417 e. The molecule has 3 rings (SSSR count). The second kappa shape index (κ2) is 5.51. The summed E-state index contributed by atoms with van der Waals surface area (Å²) in [7, 11) is -3.59. The van der Waals surface area contributed by atoms with E-state index in [1.54, 1.807) is 36.4 Å². The van der Waals surface area contributed by atoms with Crippen LogP contribution in [0.3, 0.4) is 0 Å². The highest BCUT2D eigenvalue weighted by molar-refractivity contribution is 7.91. The number of nitrogens with one attached hydrogen (secondary N) is 2. The van der Waals surface area contributed by atoms with Crippen molar-refractivity contribution in [3.8, 4) is 0 Å². The number of aromatic nitrogens is 1. The van der Waals surface area contributed by atoms with Crippen LogP contribution in [0.25, 0.3) is 11.1 Å². The summed E-state index contributed by atoms with van der Waals surface area (Å²) in [5.41, 5.74) is 1.73. The van der Waals surface area contributed by atoms with Gasteiger partial charge in [-0.3, -0.25) is 9.71 Å². The van der Waals surface area contributed by atoms with Crippen molar-refractivity contribution in [2.45, 2.75) is 5.75 Å². The van der Waals surface area contributed by atoms with Gasteiger partial charge in [-0.05, 0) is 29.8 Å². The van der Waals surface area contributed by atoms with Gasteiger partial charge in [0, 0.05) is 11.1 Å². The van der Waals surface area contributed by atoms with E-state index in [9.17, 15) is 13.2 Å². The lowest BCUT2D eigenvalue weighted by molar-refractivity contribution is 0.555. The molecule has 0 aliphatic heterocycles. The molecule has 0 atom stereocenters. The molecule has 2 aromatic carbocycles. The molecule has 0 aliphatic carbocycles. The van der Waals surface area contributed by atoms with E-state index >= 15 is 0 Å². The number of rotatable bonds is 4. The molecule has 8 heteroatoms. The standard InChI is InChI=1S/C14H11ClN2O4S/c15-10-3-1-9(2-4-10)8-22(19,20)17-11-5-6-12-13(7-11)21-14(18)16-12/h1-7,17H,8H2,(H,16,18). The highest BCUT2D eigenvalue weighted by Crippen LogP contribution is 2.19. The van der Waals surface area contributed by atoms with Crippen LogP contribution < -0.4 is 10.5 Å². The Labute approximate surface area is 130 Å². The topological polar surface area (TPSA) is 92.2 Å². The van der Waals surface area contributed by atoms with Gasteiger partial charge in [0.2, 0.25) is 10.0 Å². The van der Waals surface area contributed by atoms with Crippen LogP contribution in [0.4, 0.5) is 5.69 Å². The smallest absolute Gasteiger partial charge is 0.408 e. The fourth-order valence-electron chi connectivity index (χ4n) is 2.02. The summed E-state index contributed by atoms with van der Waals surface area (Å²) < 4.78 is 31.6. The summed E-state index contributed by atoms with van der Waals surface area (Å²) in [5.74, 6) is -0.768. The Bertz CT molecular complexity index is 974. The van der Waals surface area contributed by atoms with Gasteiger partial charge in [0.05, 0.1) is 17.0 Å². The molecule has 0 spiro atoms. The van der Waals surface area contributed by atoms with Crippen LogP contribution in [-0.4, -0.2) is 13.4 Å². The summed E-state index contributed by atoms with van der Waals surface area (Å²) in [4.78, 5) is 13.6. The van der Waals surface area contributed by atoms with E-state index in [0.717, 1.165) is 0 Å². The first-order valence-corrected chi connectivity index (χ1v) is 8.32. The van der Waals surface area contributed by atoms with Gasteiger partial charge in [-0.25, -0.2) is 13.2 Å². The van der Waals surface area contributed by atoms with Crippen LogP contribution in [0.5, 0.6) is 0 Å². The third-order valence-electron chi connectivity index (χ3n) is 2.96. The molecular weight excluding hydrogens is 328 g/mol. The minimum atomic E-state index is -3.59. The largest absolute Gasteiger partial charge is 0.417 e. The Morgan fingerprint density at radius 2 is 1.86 bits per heavy atom. The van der Waals surface area contributed by atoms with Crippen LogP contribution in [0.2, 0.25) is 5.02 Å². The normalized spacial score (nSPS) is 11.7. The van der Waals surface area contributed by atoms with Crippen molar-refractivity contribution in [2.24, 2.45) is 0 Å². The molecule has 2 N–H and O–H groups in total. The number of oxazole rings is 1. The zero-order valence-electron chi connectivity index (χ0n) is 11.2. The van der Waals surface area contributed by atoms with Crippen molar-refractivity contribution in [1.29, 1.82) is 0 Å². The molecule has 1 aromatic heterocycles. The molecule has 0 unspecified atom stereocenters. The first-order chi connectivity index (χ1) is 10.4. The lowest BCUT2D eigenvalue weighted by Gasteiger charge is -2.08. The van der Waals surface area contributed by atoms with Crippen LogP contribution in [0.1, 0.15) is 5.56 Å². The second-order valence-electron chi connectivity index (χ2n) is 4.71. The maximum atomic E-state index is 12.2. The summed E-state index contributed by atoms with van der Waals surface area (Å²) in [6.45, 7) is 0. The number of fused-ring (bicyclic) bond motifs is 1. The molecule has 0 saturated heterocycles.